The lowest BCUT2D eigenvalue weighted by Crippen LogP contribution is -2.13. The van der Waals surface area contributed by atoms with E-state index in [4.69, 9.17) is 9.79 Å². The van der Waals surface area contributed by atoms with Crippen molar-refractivity contribution in [3.8, 4) is 0 Å². The molecule has 0 atom stereocenters. The normalized spacial score (nSPS) is 12.7. The smallest absolute Gasteiger partial charge is 0.323 e. The minimum atomic E-state index is -4.80. The lowest BCUT2D eigenvalue weighted by molar-refractivity contribution is 0.299. The zero-order valence-electron chi connectivity index (χ0n) is 9.71. The van der Waals surface area contributed by atoms with E-state index in [9.17, 15) is 21.8 Å². The van der Waals surface area contributed by atoms with E-state index in [1.165, 1.54) is 6.92 Å². The van der Waals surface area contributed by atoms with Crippen LogP contribution in [0.4, 0.5) is 8.78 Å². The van der Waals surface area contributed by atoms with Crippen molar-refractivity contribution in [3.63, 3.8) is 0 Å². The molecular formula is C9H11F2O6PS. The summed E-state index contributed by atoms with van der Waals surface area (Å²) in [5.74, 6) is -2.19. The van der Waals surface area contributed by atoms with Crippen LogP contribution in [0, 0.1) is 11.6 Å². The molecule has 10 heteroatoms. The highest BCUT2D eigenvalue weighted by Gasteiger charge is 2.28. The number of rotatable bonds is 5. The Labute approximate surface area is 108 Å². The second-order valence-electron chi connectivity index (χ2n) is 3.56. The first-order valence-electron chi connectivity index (χ1n) is 4.99. The minimum absolute atomic E-state index is 0.128. The zero-order valence-corrected chi connectivity index (χ0v) is 11.4. The third-order valence-electron chi connectivity index (χ3n) is 2.13. The van der Waals surface area contributed by atoms with Crippen molar-refractivity contribution in [3.05, 3.63) is 29.3 Å². The van der Waals surface area contributed by atoms with Gasteiger partial charge in [0.1, 0.15) is 16.5 Å². The fraction of sp³-hybridized carbons (Fsp3) is 0.333. The van der Waals surface area contributed by atoms with Crippen LogP contribution < -0.4 is 0 Å². The van der Waals surface area contributed by atoms with E-state index in [2.05, 4.69) is 4.18 Å². The van der Waals surface area contributed by atoms with Crippen LogP contribution in [-0.2, 0) is 25.3 Å². The maximum absolute atomic E-state index is 13.5. The van der Waals surface area contributed by atoms with Gasteiger partial charge in [-0.1, -0.05) is 6.92 Å². The van der Waals surface area contributed by atoms with Crippen LogP contribution in [-0.4, -0.2) is 24.6 Å². The number of hydrogen-bond donors (Lipinski definition) is 2. The van der Waals surface area contributed by atoms with Gasteiger partial charge in [0, 0.05) is 5.56 Å². The molecule has 0 aliphatic heterocycles. The van der Waals surface area contributed by atoms with Crippen molar-refractivity contribution in [2.24, 2.45) is 0 Å². The van der Waals surface area contributed by atoms with Crippen molar-refractivity contribution >= 4 is 17.7 Å². The third kappa shape index (κ3) is 4.05. The van der Waals surface area contributed by atoms with Crippen molar-refractivity contribution in [2.45, 2.75) is 18.2 Å². The molecule has 108 valence electrons. The summed E-state index contributed by atoms with van der Waals surface area (Å²) in [4.78, 5) is 16.0. The fourth-order valence-corrected chi connectivity index (χ4v) is 3.44. The highest BCUT2D eigenvalue weighted by molar-refractivity contribution is 7.87. The van der Waals surface area contributed by atoms with Gasteiger partial charge in [0.05, 0.1) is 0 Å². The Morgan fingerprint density at radius 1 is 1.26 bits per heavy atom. The standard InChI is InChI=1S/C9H11F2O6PS/c1-2-6-7(10)3-4-8(11)9(6)19(15,16)17-5-18(12,13)14/h3-4H,2,5H2,1H3,(H2,12,13,14). The summed E-state index contributed by atoms with van der Waals surface area (Å²) in [6.07, 6.45) is -1.56. The van der Waals surface area contributed by atoms with E-state index < -0.39 is 46.2 Å². The van der Waals surface area contributed by atoms with E-state index in [1.54, 1.807) is 0 Å². The Morgan fingerprint density at radius 3 is 2.26 bits per heavy atom. The summed E-state index contributed by atoms with van der Waals surface area (Å²) in [6.45, 7) is 1.40. The molecule has 0 aliphatic carbocycles. The van der Waals surface area contributed by atoms with Gasteiger partial charge in [-0.05, 0) is 18.6 Å². The molecule has 0 saturated heterocycles. The number of halogens is 2. The molecule has 0 unspecified atom stereocenters. The molecule has 0 aliphatic rings. The average Bonchev–Trinajstić information content (AvgIpc) is 2.28. The van der Waals surface area contributed by atoms with Gasteiger partial charge in [0.25, 0.3) is 0 Å². The van der Waals surface area contributed by atoms with Crippen LogP contribution in [0.1, 0.15) is 12.5 Å². The van der Waals surface area contributed by atoms with E-state index in [0.29, 0.717) is 6.07 Å². The molecule has 0 bridgehead atoms. The monoisotopic (exact) mass is 316 g/mol. The van der Waals surface area contributed by atoms with Crippen LogP contribution in [0.5, 0.6) is 0 Å². The van der Waals surface area contributed by atoms with Crippen molar-refractivity contribution in [1.82, 2.24) is 0 Å². The SMILES string of the molecule is CCc1c(F)ccc(F)c1S(=O)(=O)OCP(=O)(O)O. The molecule has 19 heavy (non-hydrogen) atoms. The molecule has 0 radical (unpaired) electrons. The van der Waals surface area contributed by atoms with E-state index in [0.717, 1.165) is 6.07 Å². The first kappa shape index (κ1) is 16.2. The molecule has 0 spiro atoms. The lowest BCUT2D eigenvalue weighted by atomic mass is 10.1. The lowest BCUT2D eigenvalue weighted by Gasteiger charge is -2.11. The van der Waals surface area contributed by atoms with Crippen LogP contribution in [0.2, 0.25) is 0 Å². The largest absolute Gasteiger partial charge is 0.352 e. The van der Waals surface area contributed by atoms with Gasteiger partial charge >= 0.3 is 17.7 Å². The minimum Gasteiger partial charge on any atom is -0.323 e. The molecule has 6 nitrogen and oxygen atoms in total. The Bertz CT molecular complexity index is 624. The highest BCUT2D eigenvalue weighted by Crippen LogP contribution is 2.36. The van der Waals surface area contributed by atoms with Gasteiger partial charge in [0.2, 0.25) is 0 Å². The molecular weight excluding hydrogens is 305 g/mol. The first-order valence-corrected chi connectivity index (χ1v) is 8.20. The molecule has 0 fully saturated rings. The Kier molecular flexibility index (Phi) is 4.81. The summed E-state index contributed by atoms with van der Waals surface area (Å²) in [7, 11) is -9.55. The third-order valence-corrected chi connectivity index (χ3v) is 4.14. The maximum atomic E-state index is 13.5. The summed E-state index contributed by atoms with van der Waals surface area (Å²) < 4.78 is 64.8. The topological polar surface area (TPSA) is 101 Å². The molecule has 0 aromatic heterocycles. The first-order chi connectivity index (χ1) is 8.58. The molecule has 2 N–H and O–H groups in total. The van der Waals surface area contributed by atoms with E-state index in [1.807, 2.05) is 0 Å². The van der Waals surface area contributed by atoms with Gasteiger partial charge in [-0.3, -0.25) is 8.75 Å². The van der Waals surface area contributed by atoms with E-state index in [-0.39, 0.29) is 6.42 Å². The maximum Gasteiger partial charge on any atom is 0.352 e. The highest BCUT2D eigenvalue weighted by atomic mass is 32.2. The summed E-state index contributed by atoms with van der Waals surface area (Å²) in [5, 5.41) is 0. The average molecular weight is 316 g/mol. The van der Waals surface area contributed by atoms with Crippen molar-refractivity contribution in [2.75, 3.05) is 6.35 Å². The van der Waals surface area contributed by atoms with Crippen LogP contribution in [0.3, 0.4) is 0 Å². The van der Waals surface area contributed by atoms with Gasteiger partial charge in [0.15, 0.2) is 6.35 Å². The molecule has 0 saturated carbocycles. The summed E-state index contributed by atoms with van der Waals surface area (Å²) in [5.41, 5.74) is -0.439. The van der Waals surface area contributed by atoms with Crippen molar-refractivity contribution in [1.29, 1.82) is 0 Å². The molecule has 0 heterocycles. The van der Waals surface area contributed by atoms with Gasteiger partial charge in [-0.2, -0.15) is 8.42 Å². The summed E-state index contributed by atoms with van der Waals surface area (Å²) >= 11 is 0. The molecule has 1 aromatic rings. The second kappa shape index (κ2) is 5.64. The predicted molar refractivity (Wildman–Crippen MR) is 60.9 cm³/mol. The van der Waals surface area contributed by atoms with Crippen LogP contribution in [0.25, 0.3) is 0 Å². The van der Waals surface area contributed by atoms with Crippen LogP contribution >= 0.6 is 7.60 Å². The zero-order chi connectivity index (χ0) is 14.8. The molecule has 0 amide bonds. The van der Waals surface area contributed by atoms with Gasteiger partial charge < -0.3 is 9.79 Å². The van der Waals surface area contributed by atoms with Crippen molar-refractivity contribution < 1.29 is 35.7 Å². The van der Waals surface area contributed by atoms with Gasteiger partial charge in [-0.15, -0.1) is 0 Å². The van der Waals surface area contributed by atoms with Gasteiger partial charge in [-0.25, -0.2) is 8.78 Å². The molecule has 1 rings (SSSR count). The molecule has 1 aromatic carbocycles. The van der Waals surface area contributed by atoms with Crippen LogP contribution in [0.15, 0.2) is 17.0 Å². The number of benzene rings is 1. The number of hydrogen-bond acceptors (Lipinski definition) is 4. The quantitative estimate of drug-likeness (QED) is 0.628. The second-order valence-corrected chi connectivity index (χ2v) is 6.70. The van der Waals surface area contributed by atoms with E-state index >= 15 is 0 Å². The fourth-order valence-electron chi connectivity index (χ4n) is 1.37. The summed E-state index contributed by atoms with van der Waals surface area (Å²) in [6, 6.07) is 1.36. The predicted octanol–water partition coefficient (Wildman–Crippen LogP) is 1.37. The Balaban J connectivity index is 3.29. The Morgan fingerprint density at radius 2 is 1.79 bits per heavy atom. The Hall–Kier alpha value is -0.860.